The van der Waals surface area contributed by atoms with Crippen LogP contribution < -0.4 is 44.1 Å². The summed E-state index contributed by atoms with van der Waals surface area (Å²) >= 11 is 5.81. The second-order valence-corrected chi connectivity index (χ2v) is 7.65. The average molecular weight is 481 g/mol. The van der Waals surface area contributed by atoms with Crippen molar-refractivity contribution in [3.05, 3.63) is 59.4 Å². The van der Waals surface area contributed by atoms with Crippen molar-refractivity contribution in [3.8, 4) is 34.3 Å². The number of hydrogen-bond acceptors (Lipinski definition) is 7. The monoisotopic (exact) mass is 480 g/mol. The van der Waals surface area contributed by atoms with E-state index in [2.05, 4.69) is 9.97 Å². The van der Waals surface area contributed by atoms with Crippen molar-refractivity contribution < 1.29 is 58.1 Å². The predicted molar refractivity (Wildman–Crippen MR) is 113 cm³/mol. The molecule has 2 aromatic carbocycles. The Kier molecular flexibility index (Phi) is 8.31. The summed E-state index contributed by atoms with van der Waals surface area (Å²) in [4.78, 5) is 20.9. The van der Waals surface area contributed by atoms with Gasteiger partial charge in [0.25, 0.3) is 0 Å². The third kappa shape index (κ3) is 5.47. The van der Waals surface area contributed by atoms with Gasteiger partial charge in [-0.05, 0) is 30.3 Å². The van der Waals surface area contributed by atoms with E-state index in [0.29, 0.717) is 22.6 Å². The number of para-hydroxylation sites is 1. The van der Waals surface area contributed by atoms with Gasteiger partial charge < -0.3 is 24.1 Å². The maximum Gasteiger partial charge on any atom is 1.00 e. The Bertz CT molecular complexity index is 1160. The zero-order valence-corrected chi connectivity index (χ0v) is 20.9. The number of ether oxygens (including phenoxy) is 3. The van der Waals surface area contributed by atoms with E-state index in [1.165, 1.54) is 25.3 Å². The maximum atomic E-state index is 14.1. The van der Waals surface area contributed by atoms with Crippen LogP contribution in [0.1, 0.15) is 12.8 Å². The summed E-state index contributed by atoms with van der Waals surface area (Å²) in [7, 11) is 1.53. The number of methoxy groups -OCH3 is 1. The fourth-order valence-electron chi connectivity index (χ4n) is 3.48. The molecule has 3 aromatic rings. The van der Waals surface area contributed by atoms with Crippen LogP contribution in [0.3, 0.4) is 0 Å². The fourth-order valence-corrected chi connectivity index (χ4v) is 3.60. The van der Waals surface area contributed by atoms with Crippen molar-refractivity contribution in [3.63, 3.8) is 0 Å². The summed E-state index contributed by atoms with van der Waals surface area (Å²) in [6.07, 6.45) is 0.211. The molecule has 166 valence electrons. The summed E-state index contributed by atoms with van der Waals surface area (Å²) in [6, 6.07) is 12.9. The van der Waals surface area contributed by atoms with Crippen LogP contribution in [0.15, 0.2) is 48.5 Å². The van der Waals surface area contributed by atoms with E-state index in [-0.39, 0.29) is 72.3 Å². The van der Waals surface area contributed by atoms with Gasteiger partial charge in [0.05, 0.1) is 37.0 Å². The largest absolute Gasteiger partial charge is 1.00 e. The Hall–Kier alpha value is -2.23. The molecule has 33 heavy (non-hydrogen) atoms. The third-order valence-electron chi connectivity index (χ3n) is 5.24. The molecule has 2 heterocycles. The molecule has 1 aliphatic rings. The first-order valence-corrected chi connectivity index (χ1v) is 10.3. The number of carboxylic acids is 1. The Balaban J connectivity index is 0.00000306. The van der Waals surface area contributed by atoms with Crippen LogP contribution in [-0.4, -0.2) is 41.9 Å². The minimum atomic E-state index is -1.59. The first kappa shape index (κ1) is 25.4. The Morgan fingerprint density at radius 2 is 1.88 bits per heavy atom. The predicted octanol–water partition coefficient (Wildman–Crippen LogP) is 0.294. The first-order valence-electron chi connectivity index (χ1n) is 9.88. The van der Waals surface area contributed by atoms with Crippen LogP contribution in [0.25, 0.3) is 22.6 Å². The number of aromatic nitrogens is 2. The quantitative estimate of drug-likeness (QED) is 0.468. The molecule has 0 aliphatic carbocycles. The summed E-state index contributed by atoms with van der Waals surface area (Å²) in [5.74, 6) is -1.28. The topological polar surface area (TPSA) is 93.6 Å². The van der Waals surface area contributed by atoms with Gasteiger partial charge in [-0.2, -0.15) is 4.98 Å². The van der Waals surface area contributed by atoms with Gasteiger partial charge in [0.1, 0.15) is 11.6 Å². The number of nitrogens with zero attached hydrogens (tertiary/aromatic N) is 2. The number of halogens is 2. The second kappa shape index (κ2) is 10.8. The molecule has 1 aliphatic heterocycles. The van der Waals surface area contributed by atoms with Crippen LogP contribution in [0, 0.1) is 5.82 Å². The van der Waals surface area contributed by atoms with E-state index in [4.69, 9.17) is 25.8 Å². The standard InChI is InChI=1S/C23H20ClFN2O5.Na/c1-30-19-5-3-2-4-15(19)18-13-20(32-23(22(28)29)8-10-31-11-9-23)27-21(26-18)14-6-7-16(24)17(25)12-14;/h2-7,12-13H,8-11H2,1H3,(H,28,29);/q;+1/p-1. The first-order chi connectivity index (χ1) is 15.4. The molecule has 0 atom stereocenters. The molecule has 0 amide bonds. The van der Waals surface area contributed by atoms with E-state index in [9.17, 15) is 14.3 Å². The van der Waals surface area contributed by atoms with Gasteiger partial charge in [-0.3, -0.25) is 0 Å². The fraction of sp³-hybridized carbons (Fsp3) is 0.261. The smallest absolute Gasteiger partial charge is 0.546 e. The summed E-state index contributed by atoms with van der Waals surface area (Å²) in [5.41, 5.74) is -0.193. The molecule has 1 aromatic heterocycles. The van der Waals surface area contributed by atoms with Crippen LogP contribution >= 0.6 is 11.6 Å². The molecule has 0 radical (unpaired) electrons. The van der Waals surface area contributed by atoms with Gasteiger partial charge in [0, 0.05) is 30.0 Å². The number of rotatable bonds is 6. The molecule has 4 rings (SSSR count). The van der Waals surface area contributed by atoms with Crippen molar-refractivity contribution in [2.45, 2.75) is 18.4 Å². The van der Waals surface area contributed by atoms with Crippen LogP contribution in [0.2, 0.25) is 5.02 Å². The molecule has 0 saturated carbocycles. The van der Waals surface area contributed by atoms with E-state index < -0.39 is 17.4 Å². The number of hydrogen-bond donors (Lipinski definition) is 0. The van der Waals surface area contributed by atoms with Gasteiger partial charge in [0.15, 0.2) is 11.4 Å². The van der Waals surface area contributed by atoms with Gasteiger partial charge in [-0.1, -0.05) is 23.7 Å². The van der Waals surface area contributed by atoms with Gasteiger partial charge in [-0.15, -0.1) is 0 Å². The minimum absolute atomic E-state index is 0. The Labute approximate surface area is 217 Å². The van der Waals surface area contributed by atoms with Crippen LogP contribution in [0.5, 0.6) is 11.6 Å². The number of aliphatic carboxylic acids is 1. The van der Waals surface area contributed by atoms with Crippen molar-refractivity contribution in [2.24, 2.45) is 0 Å². The summed E-state index contributed by atoms with van der Waals surface area (Å²) < 4.78 is 30.7. The van der Waals surface area contributed by atoms with E-state index in [0.717, 1.165) is 0 Å². The van der Waals surface area contributed by atoms with Crippen molar-refractivity contribution >= 4 is 17.6 Å². The van der Waals surface area contributed by atoms with Crippen LogP contribution in [0.4, 0.5) is 4.39 Å². The van der Waals surface area contributed by atoms with E-state index in [1.54, 1.807) is 18.2 Å². The number of benzene rings is 2. The molecule has 0 N–H and O–H groups in total. The normalized spacial score (nSPS) is 14.8. The number of carbonyl (C=O) groups excluding carboxylic acids is 1. The van der Waals surface area contributed by atoms with Crippen molar-refractivity contribution in [1.29, 1.82) is 0 Å². The number of carbonyl (C=O) groups is 1. The van der Waals surface area contributed by atoms with Gasteiger partial charge in [0.2, 0.25) is 5.88 Å². The van der Waals surface area contributed by atoms with E-state index in [1.807, 2.05) is 12.1 Å². The van der Waals surface area contributed by atoms with Gasteiger partial charge in [-0.25, -0.2) is 9.37 Å². The summed E-state index contributed by atoms with van der Waals surface area (Å²) in [6.45, 7) is 0.432. The molecular weight excluding hydrogens is 462 g/mol. The average Bonchev–Trinajstić information content (AvgIpc) is 2.81. The van der Waals surface area contributed by atoms with Crippen molar-refractivity contribution in [2.75, 3.05) is 20.3 Å². The molecule has 1 saturated heterocycles. The zero-order valence-electron chi connectivity index (χ0n) is 18.1. The zero-order chi connectivity index (χ0) is 22.7. The SMILES string of the molecule is COc1ccccc1-c1cc(OC2(C(=O)[O-])CCOCC2)nc(-c2ccc(Cl)c(F)c2)n1.[Na+]. The maximum absolute atomic E-state index is 14.1. The second-order valence-electron chi connectivity index (χ2n) is 7.24. The molecule has 0 spiro atoms. The summed E-state index contributed by atoms with van der Waals surface area (Å²) in [5, 5.41) is 11.9. The van der Waals surface area contributed by atoms with Gasteiger partial charge >= 0.3 is 29.6 Å². The molecule has 10 heteroatoms. The number of carboxylic acid groups (broad SMARTS) is 1. The van der Waals surface area contributed by atoms with E-state index >= 15 is 0 Å². The van der Waals surface area contributed by atoms with Crippen LogP contribution in [-0.2, 0) is 9.53 Å². The molecule has 1 fully saturated rings. The molecule has 0 bridgehead atoms. The third-order valence-corrected chi connectivity index (χ3v) is 5.54. The van der Waals surface area contributed by atoms with Crippen molar-refractivity contribution in [1.82, 2.24) is 9.97 Å². The minimum Gasteiger partial charge on any atom is -0.546 e. The molecular formula is C23H19ClFN2NaO5. The molecule has 0 unspecified atom stereocenters. The Morgan fingerprint density at radius 1 is 1.15 bits per heavy atom. The molecule has 7 nitrogen and oxygen atoms in total. The Morgan fingerprint density at radius 3 is 2.55 bits per heavy atom.